The van der Waals surface area contributed by atoms with Crippen LogP contribution in [0.15, 0.2) is 0 Å². The maximum Gasteiger partial charge on any atom is 0.222 e. The van der Waals surface area contributed by atoms with Gasteiger partial charge in [0.25, 0.3) is 0 Å². The minimum absolute atomic E-state index is 0.348. The molecule has 3 heteroatoms. The van der Waals surface area contributed by atoms with Crippen molar-refractivity contribution in [1.82, 2.24) is 9.80 Å². The molecular formula is C13H26N2O. The fourth-order valence-electron chi connectivity index (χ4n) is 2.59. The van der Waals surface area contributed by atoms with Crippen molar-refractivity contribution in [1.29, 1.82) is 0 Å². The smallest absolute Gasteiger partial charge is 0.222 e. The lowest BCUT2D eigenvalue weighted by atomic mass is 9.71. The predicted octanol–water partition coefficient (Wildman–Crippen LogP) is 1.98. The first-order valence-corrected chi connectivity index (χ1v) is 6.54. The van der Waals surface area contributed by atoms with Crippen LogP contribution in [0.4, 0.5) is 0 Å². The number of hydrogen-bond acceptors (Lipinski definition) is 2. The third-order valence-electron chi connectivity index (χ3n) is 3.98. The van der Waals surface area contributed by atoms with Gasteiger partial charge in [-0.05, 0) is 44.8 Å². The van der Waals surface area contributed by atoms with E-state index in [1.54, 1.807) is 0 Å². The second-order valence-corrected chi connectivity index (χ2v) is 5.05. The van der Waals surface area contributed by atoms with E-state index in [0.29, 0.717) is 11.3 Å². The third kappa shape index (κ3) is 2.97. The number of rotatable bonds is 0. The average Bonchev–Trinajstić information content (AvgIpc) is 2.31. The molecule has 2 rings (SSSR count). The molecule has 0 unspecified atom stereocenters. The van der Waals surface area contributed by atoms with Crippen molar-refractivity contribution >= 4 is 5.91 Å². The minimum Gasteiger partial charge on any atom is -0.346 e. The van der Waals surface area contributed by atoms with Crippen LogP contribution in [0.5, 0.6) is 0 Å². The predicted molar refractivity (Wildman–Crippen MR) is 67.4 cm³/mol. The van der Waals surface area contributed by atoms with Gasteiger partial charge in [0.05, 0.1) is 0 Å². The molecule has 94 valence electrons. The van der Waals surface area contributed by atoms with E-state index < -0.39 is 0 Å². The molecule has 2 saturated heterocycles. The molecule has 16 heavy (non-hydrogen) atoms. The molecule has 1 amide bonds. The molecule has 0 bridgehead atoms. The maximum atomic E-state index is 11.7. The van der Waals surface area contributed by atoms with Gasteiger partial charge in [0.2, 0.25) is 5.91 Å². The van der Waals surface area contributed by atoms with Crippen molar-refractivity contribution in [2.24, 2.45) is 5.41 Å². The molecule has 0 aliphatic carbocycles. The summed E-state index contributed by atoms with van der Waals surface area (Å²) in [6, 6.07) is 0. The van der Waals surface area contributed by atoms with E-state index in [-0.39, 0.29) is 0 Å². The summed E-state index contributed by atoms with van der Waals surface area (Å²) in [5, 5.41) is 0. The Labute approximate surface area is 99.8 Å². The van der Waals surface area contributed by atoms with Crippen molar-refractivity contribution in [2.45, 2.75) is 39.5 Å². The number of piperidine rings is 2. The Morgan fingerprint density at radius 2 is 1.50 bits per heavy atom. The zero-order chi connectivity index (χ0) is 12.2. The van der Waals surface area contributed by atoms with E-state index in [0.717, 1.165) is 26.1 Å². The van der Waals surface area contributed by atoms with Gasteiger partial charge in [0.1, 0.15) is 0 Å². The number of carbonyl (C=O) groups is 1. The molecular weight excluding hydrogens is 200 g/mol. The van der Waals surface area contributed by atoms with Crippen molar-refractivity contribution < 1.29 is 4.79 Å². The first kappa shape index (κ1) is 13.5. The SMILES string of the molecule is CC.CN1CCC2(CC1)CCN(C)C(=O)C2. The Bertz CT molecular complexity index is 227. The van der Waals surface area contributed by atoms with Crippen LogP contribution in [0.1, 0.15) is 39.5 Å². The summed E-state index contributed by atoms with van der Waals surface area (Å²) in [6.45, 7) is 7.29. The Morgan fingerprint density at radius 1 is 1.00 bits per heavy atom. The van der Waals surface area contributed by atoms with Gasteiger partial charge >= 0.3 is 0 Å². The molecule has 0 radical (unpaired) electrons. The molecule has 2 fully saturated rings. The second-order valence-electron chi connectivity index (χ2n) is 5.05. The zero-order valence-corrected chi connectivity index (χ0v) is 11.3. The van der Waals surface area contributed by atoms with E-state index in [9.17, 15) is 4.79 Å². The molecule has 0 aromatic heterocycles. The monoisotopic (exact) mass is 226 g/mol. The Kier molecular flexibility index (Phi) is 4.78. The highest BCUT2D eigenvalue weighted by Crippen LogP contribution is 2.40. The largest absolute Gasteiger partial charge is 0.346 e. The van der Waals surface area contributed by atoms with Crippen LogP contribution in [0.25, 0.3) is 0 Å². The quantitative estimate of drug-likeness (QED) is 0.630. The van der Waals surface area contributed by atoms with Crippen LogP contribution >= 0.6 is 0 Å². The zero-order valence-electron chi connectivity index (χ0n) is 11.3. The van der Waals surface area contributed by atoms with Crippen LogP contribution in [-0.4, -0.2) is 49.4 Å². The lowest BCUT2D eigenvalue weighted by Gasteiger charge is -2.44. The van der Waals surface area contributed by atoms with Crippen molar-refractivity contribution in [3.8, 4) is 0 Å². The first-order valence-electron chi connectivity index (χ1n) is 6.54. The van der Waals surface area contributed by atoms with Crippen molar-refractivity contribution in [3.05, 3.63) is 0 Å². The lowest BCUT2D eigenvalue weighted by molar-refractivity contribution is -0.138. The topological polar surface area (TPSA) is 23.6 Å². The van der Waals surface area contributed by atoms with E-state index in [1.807, 2.05) is 25.8 Å². The normalized spacial score (nSPS) is 25.2. The first-order chi connectivity index (χ1) is 7.61. The highest BCUT2D eigenvalue weighted by atomic mass is 16.2. The minimum atomic E-state index is 0.348. The van der Waals surface area contributed by atoms with E-state index >= 15 is 0 Å². The number of amides is 1. The Morgan fingerprint density at radius 3 is 2.00 bits per heavy atom. The highest BCUT2D eigenvalue weighted by Gasteiger charge is 2.39. The molecule has 2 aliphatic rings. The molecule has 0 aromatic rings. The fourth-order valence-corrected chi connectivity index (χ4v) is 2.59. The van der Waals surface area contributed by atoms with Crippen molar-refractivity contribution in [2.75, 3.05) is 33.7 Å². The molecule has 2 aliphatic heterocycles. The molecule has 2 heterocycles. The van der Waals surface area contributed by atoms with Crippen molar-refractivity contribution in [3.63, 3.8) is 0 Å². The van der Waals surface area contributed by atoms with Crippen LogP contribution in [-0.2, 0) is 4.79 Å². The van der Waals surface area contributed by atoms with Gasteiger partial charge < -0.3 is 9.80 Å². The standard InChI is InChI=1S/C11H20N2O.C2H6/c1-12-6-3-11(4-7-12)5-8-13(2)10(14)9-11;1-2/h3-9H2,1-2H3;1-2H3. The average molecular weight is 226 g/mol. The highest BCUT2D eigenvalue weighted by molar-refractivity contribution is 5.77. The van der Waals surface area contributed by atoms with Crippen LogP contribution in [0.3, 0.4) is 0 Å². The molecule has 0 atom stereocenters. The van der Waals surface area contributed by atoms with Gasteiger partial charge in [0.15, 0.2) is 0 Å². The van der Waals surface area contributed by atoms with E-state index in [4.69, 9.17) is 0 Å². The number of nitrogens with zero attached hydrogens (tertiary/aromatic N) is 2. The molecule has 0 aromatic carbocycles. The summed E-state index contributed by atoms with van der Waals surface area (Å²) in [5.74, 6) is 0.348. The molecule has 0 N–H and O–H groups in total. The number of likely N-dealkylation sites (tertiary alicyclic amines) is 2. The fraction of sp³-hybridized carbons (Fsp3) is 0.923. The van der Waals surface area contributed by atoms with E-state index in [2.05, 4.69) is 11.9 Å². The lowest BCUT2D eigenvalue weighted by Crippen LogP contribution is -2.47. The second kappa shape index (κ2) is 5.67. The number of hydrogen-bond donors (Lipinski definition) is 0. The Balaban J connectivity index is 0.000000606. The van der Waals surface area contributed by atoms with Gasteiger partial charge in [-0.3, -0.25) is 4.79 Å². The number of carbonyl (C=O) groups excluding carboxylic acids is 1. The summed E-state index contributed by atoms with van der Waals surface area (Å²) in [7, 11) is 4.09. The summed E-state index contributed by atoms with van der Waals surface area (Å²) < 4.78 is 0. The van der Waals surface area contributed by atoms with Crippen LogP contribution in [0.2, 0.25) is 0 Å². The van der Waals surface area contributed by atoms with Crippen LogP contribution in [0, 0.1) is 5.41 Å². The van der Waals surface area contributed by atoms with Gasteiger partial charge in [-0.2, -0.15) is 0 Å². The third-order valence-corrected chi connectivity index (χ3v) is 3.98. The van der Waals surface area contributed by atoms with Crippen LogP contribution < -0.4 is 0 Å². The molecule has 3 nitrogen and oxygen atoms in total. The summed E-state index contributed by atoms with van der Waals surface area (Å²) in [6.07, 6.45) is 4.42. The summed E-state index contributed by atoms with van der Waals surface area (Å²) in [5.41, 5.74) is 0.357. The molecule has 0 saturated carbocycles. The van der Waals surface area contributed by atoms with Gasteiger partial charge in [-0.15, -0.1) is 0 Å². The summed E-state index contributed by atoms with van der Waals surface area (Å²) >= 11 is 0. The molecule has 1 spiro atoms. The Hall–Kier alpha value is -0.570. The van der Waals surface area contributed by atoms with E-state index in [1.165, 1.54) is 19.3 Å². The van der Waals surface area contributed by atoms with Gasteiger partial charge in [-0.25, -0.2) is 0 Å². The van der Waals surface area contributed by atoms with Gasteiger partial charge in [0, 0.05) is 20.0 Å². The van der Waals surface area contributed by atoms with Gasteiger partial charge in [-0.1, -0.05) is 13.8 Å². The summed E-state index contributed by atoms with van der Waals surface area (Å²) in [4.78, 5) is 15.9. The maximum absolute atomic E-state index is 11.7.